The Morgan fingerprint density at radius 3 is 2.34 bits per heavy atom. The lowest BCUT2D eigenvalue weighted by molar-refractivity contribution is -0.139. The summed E-state index contributed by atoms with van der Waals surface area (Å²) in [5.74, 6) is 0.180. The maximum atomic E-state index is 12.9. The van der Waals surface area contributed by atoms with Gasteiger partial charge in [-0.25, -0.2) is 0 Å². The van der Waals surface area contributed by atoms with Gasteiger partial charge in [0.15, 0.2) is 0 Å². The van der Waals surface area contributed by atoms with E-state index in [0.717, 1.165) is 19.4 Å². The van der Waals surface area contributed by atoms with Crippen molar-refractivity contribution in [3.05, 3.63) is 35.4 Å². The summed E-state index contributed by atoms with van der Waals surface area (Å²) in [5.41, 5.74) is 7.15. The van der Waals surface area contributed by atoms with E-state index in [9.17, 15) is 14.4 Å². The molecule has 1 aromatic carbocycles. The highest BCUT2D eigenvalue weighted by Gasteiger charge is 2.38. The molecule has 158 valence electrons. The van der Waals surface area contributed by atoms with Crippen molar-refractivity contribution in [2.24, 2.45) is 11.7 Å². The van der Waals surface area contributed by atoms with E-state index in [1.54, 1.807) is 24.3 Å². The maximum absolute atomic E-state index is 12.9. The van der Waals surface area contributed by atoms with Gasteiger partial charge in [-0.2, -0.15) is 0 Å². The zero-order valence-corrected chi connectivity index (χ0v) is 17.5. The minimum absolute atomic E-state index is 0. The number of rotatable bonds is 5. The minimum Gasteiger partial charge on any atom is -0.338 e. The van der Waals surface area contributed by atoms with Crippen molar-refractivity contribution < 1.29 is 14.4 Å². The number of amides is 3. The summed E-state index contributed by atoms with van der Waals surface area (Å²) >= 11 is 0. The molecule has 1 saturated carbocycles. The zero-order chi connectivity index (χ0) is 19.7. The Hall–Kier alpha value is -1.92. The molecule has 3 atom stereocenters. The Balaban J connectivity index is 0.00000240. The number of nitrogens with zero attached hydrogens (tertiary/aromatic N) is 2. The normalized spacial score (nSPS) is 24.6. The van der Waals surface area contributed by atoms with E-state index in [2.05, 4.69) is 0 Å². The Labute approximate surface area is 178 Å². The lowest BCUT2D eigenvalue weighted by Crippen LogP contribution is -2.54. The van der Waals surface area contributed by atoms with E-state index < -0.39 is 6.04 Å². The van der Waals surface area contributed by atoms with Gasteiger partial charge < -0.3 is 10.6 Å². The van der Waals surface area contributed by atoms with Crippen molar-refractivity contribution in [1.29, 1.82) is 0 Å². The van der Waals surface area contributed by atoms with Gasteiger partial charge in [-0.15, -0.1) is 12.4 Å². The second-order valence-corrected chi connectivity index (χ2v) is 8.34. The number of imide groups is 1. The number of nitrogens with two attached hydrogens (primary N) is 1. The summed E-state index contributed by atoms with van der Waals surface area (Å²) in [6.45, 7) is 1.12. The summed E-state index contributed by atoms with van der Waals surface area (Å²) in [6, 6.07) is 6.69. The molecular formula is C22H30ClN3O3. The van der Waals surface area contributed by atoms with Crippen LogP contribution in [0.25, 0.3) is 0 Å². The minimum atomic E-state index is -0.559. The average Bonchev–Trinajstić information content (AvgIpc) is 2.98. The molecule has 6 nitrogen and oxygen atoms in total. The first-order chi connectivity index (χ1) is 13.6. The molecule has 3 amide bonds. The van der Waals surface area contributed by atoms with Crippen LogP contribution in [-0.4, -0.2) is 52.7 Å². The molecule has 1 aliphatic carbocycles. The summed E-state index contributed by atoms with van der Waals surface area (Å²) in [5, 5.41) is 0. The molecule has 29 heavy (non-hydrogen) atoms. The molecule has 0 bridgehead atoms. The van der Waals surface area contributed by atoms with Crippen LogP contribution < -0.4 is 5.73 Å². The number of halogens is 1. The van der Waals surface area contributed by atoms with E-state index in [4.69, 9.17) is 5.73 Å². The molecule has 0 radical (unpaired) electrons. The van der Waals surface area contributed by atoms with Gasteiger partial charge in [0.1, 0.15) is 0 Å². The average molecular weight is 420 g/mol. The molecule has 2 aliphatic heterocycles. The number of carbonyl (C=O) groups is 3. The molecule has 0 unspecified atom stereocenters. The third-order valence-corrected chi connectivity index (χ3v) is 6.62. The molecule has 4 rings (SSSR count). The molecule has 1 aromatic rings. The first-order valence-corrected chi connectivity index (χ1v) is 10.6. The van der Waals surface area contributed by atoms with E-state index in [-0.39, 0.29) is 30.1 Å². The van der Waals surface area contributed by atoms with E-state index in [1.807, 2.05) is 4.90 Å². The number of likely N-dealkylation sites (tertiary alicyclic amines) is 1. The molecule has 0 aromatic heterocycles. The van der Waals surface area contributed by atoms with Crippen LogP contribution in [0.3, 0.4) is 0 Å². The van der Waals surface area contributed by atoms with Crippen molar-refractivity contribution in [2.75, 3.05) is 13.1 Å². The molecule has 0 spiro atoms. The standard InChI is InChI=1S/C22H29N3O3.ClH/c23-18(22(28)24-13-5-8-15-7-1-4-12-19(15)24)11-6-14-25-20(26)16-9-2-3-10-17(16)21(25)27;/h2-3,9-10,15,18-19H,1,4-8,11-14,23H2;1H/t15-,18-,19+;/m1./s1. The quantitative estimate of drug-likeness (QED) is 0.743. The van der Waals surface area contributed by atoms with Gasteiger partial charge in [0.05, 0.1) is 17.2 Å². The smallest absolute Gasteiger partial charge is 0.261 e. The highest BCUT2D eigenvalue weighted by molar-refractivity contribution is 6.21. The van der Waals surface area contributed by atoms with Crippen LogP contribution in [0.5, 0.6) is 0 Å². The molecule has 2 heterocycles. The van der Waals surface area contributed by atoms with E-state index in [1.165, 1.54) is 30.6 Å². The van der Waals surface area contributed by atoms with Crippen LogP contribution >= 0.6 is 12.4 Å². The number of piperidine rings is 1. The van der Waals surface area contributed by atoms with Gasteiger partial charge in [-0.3, -0.25) is 19.3 Å². The third-order valence-electron chi connectivity index (χ3n) is 6.62. The summed E-state index contributed by atoms with van der Waals surface area (Å²) in [6.07, 6.45) is 8.11. The van der Waals surface area contributed by atoms with Crippen LogP contribution in [0.2, 0.25) is 0 Å². The van der Waals surface area contributed by atoms with Crippen LogP contribution in [0.4, 0.5) is 0 Å². The summed E-state index contributed by atoms with van der Waals surface area (Å²) in [7, 11) is 0. The van der Waals surface area contributed by atoms with E-state index >= 15 is 0 Å². The zero-order valence-electron chi connectivity index (χ0n) is 16.7. The number of benzene rings is 1. The summed E-state index contributed by atoms with van der Waals surface area (Å²) in [4.78, 5) is 41.1. The van der Waals surface area contributed by atoms with Gasteiger partial charge in [0.2, 0.25) is 5.91 Å². The molecule has 1 saturated heterocycles. The van der Waals surface area contributed by atoms with E-state index in [0.29, 0.717) is 42.5 Å². The van der Waals surface area contributed by atoms with Crippen LogP contribution in [0.15, 0.2) is 24.3 Å². The van der Waals surface area contributed by atoms with Crippen molar-refractivity contribution in [2.45, 2.75) is 63.5 Å². The van der Waals surface area contributed by atoms with Crippen LogP contribution in [0.1, 0.15) is 72.1 Å². The molecule has 3 aliphatic rings. The number of hydrogen-bond donors (Lipinski definition) is 1. The second kappa shape index (κ2) is 9.26. The van der Waals surface area contributed by atoms with Crippen molar-refractivity contribution in [3.8, 4) is 0 Å². The topological polar surface area (TPSA) is 83.7 Å². The fourth-order valence-electron chi connectivity index (χ4n) is 5.15. The summed E-state index contributed by atoms with van der Waals surface area (Å²) < 4.78 is 0. The van der Waals surface area contributed by atoms with Gasteiger partial charge in [0.25, 0.3) is 11.8 Å². The second-order valence-electron chi connectivity index (χ2n) is 8.34. The Kier molecular flexibility index (Phi) is 6.96. The molecule has 2 N–H and O–H groups in total. The predicted molar refractivity (Wildman–Crippen MR) is 113 cm³/mol. The SMILES string of the molecule is Cl.N[C@H](CCCN1C(=O)c2ccccc2C1=O)C(=O)N1CCC[C@H]2CCCC[C@@H]21. The van der Waals surface area contributed by atoms with Crippen LogP contribution in [-0.2, 0) is 4.79 Å². The molecule has 7 heteroatoms. The third kappa shape index (κ3) is 4.19. The lowest BCUT2D eigenvalue weighted by atomic mass is 9.78. The highest BCUT2D eigenvalue weighted by atomic mass is 35.5. The van der Waals surface area contributed by atoms with Gasteiger partial charge in [0, 0.05) is 19.1 Å². The van der Waals surface area contributed by atoms with Crippen molar-refractivity contribution in [3.63, 3.8) is 0 Å². The predicted octanol–water partition coefficient (Wildman–Crippen LogP) is 2.99. The molecular weight excluding hydrogens is 390 g/mol. The highest BCUT2D eigenvalue weighted by Crippen LogP contribution is 2.35. The van der Waals surface area contributed by atoms with Crippen molar-refractivity contribution >= 4 is 30.1 Å². The number of carbonyl (C=O) groups excluding carboxylic acids is 3. The lowest BCUT2D eigenvalue weighted by Gasteiger charge is -2.45. The number of hydrogen-bond acceptors (Lipinski definition) is 4. The van der Waals surface area contributed by atoms with Crippen LogP contribution in [0, 0.1) is 5.92 Å². The van der Waals surface area contributed by atoms with Gasteiger partial charge >= 0.3 is 0 Å². The first-order valence-electron chi connectivity index (χ1n) is 10.6. The largest absolute Gasteiger partial charge is 0.338 e. The van der Waals surface area contributed by atoms with Crippen molar-refractivity contribution in [1.82, 2.24) is 9.80 Å². The Morgan fingerprint density at radius 2 is 1.66 bits per heavy atom. The monoisotopic (exact) mass is 419 g/mol. The van der Waals surface area contributed by atoms with Gasteiger partial charge in [-0.1, -0.05) is 25.0 Å². The Morgan fingerprint density at radius 1 is 1.03 bits per heavy atom. The fourth-order valence-corrected chi connectivity index (χ4v) is 5.15. The first kappa shape index (κ1) is 21.8. The maximum Gasteiger partial charge on any atom is 0.261 e. The fraction of sp³-hybridized carbons (Fsp3) is 0.591. The number of fused-ring (bicyclic) bond motifs is 2. The van der Waals surface area contributed by atoms with Gasteiger partial charge in [-0.05, 0) is 56.6 Å². The molecule has 2 fully saturated rings. The Bertz CT molecular complexity index is 747.